The van der Waals surface area contributed by atoms with Gasteiger partial charge in [0.05, 0.1) is 0 Å². The Labute approximate surface area is 94.8 Å². The van der Waals surface area contributed by atoms with Crippen LogP contribution >= 0.6 is 0 Å². The van der Waals surface area contributed by atoms with Crippen LogP contribution in [0.5, 0.6) is 0 Å². The van der Waals surface area contributed by atoms with Crippen LogP contribution in [0.3, 0.4) is 0 Å². The van der Waals surface area contributed by atoms with Crippen LogP contribution in [-0.4, -0.2) is 62.2 Å². The van der Waals surface area contributed by atoms with E-state index >= 15 is 0 Å². The SMILES string of the molecule is CCNC[C@H]1CN(C(C)C)C[C@H]1N(C)C. The summed E-state index contributed by atoms with van der Waals surface area (Å²) in [6.07, 6.45) is 0. The van der Waals surface area contributed by atoms with Crippen molar-refractivity contribution in [1.82, 2.24) is 15.1 Å². The van der Waals surface area contributed by atoms with Gasteiger partial charge in [-0.3, -0.25) is 4.90 Å². The van der Waals surface area contributed by atoms with Gasteiger partial charge in [0.25, 0.3) is 0 Å². The Bertz CT molecular complexity index is 180. The normalized spacial score (nSPS) is 28.2. The number of likely N-dealkylation sites (N-methyl/N-ethyl adjacent to an activating group) is 1. The molecule has 0 aromatic rings. The maximum Gasteiger partial charge on any atom is 0.0269 e. The van der Waals surface area contributed by atoms with Crippen LogP contribution in [0.2, 0.25) is 0 Å². The molecule has 0 radical (unpaired) electrons. The minimum Gasteiger partial charge on any atom is -0.317 e. The number of hydrogen-bond donors (Lipinski definition) is 1. The molecule has 1 saturated heterocycles. The highest BCUT2D eigenvalue weighted by atomic mass is 15.3. The standard InChI is InChI=1S/C12H27N3/c1-6-13-7-11-8-15(10(2)3)9-12(11)14(4)5/h10-13H,6-9H2,1-5H3/t11-,12+/m0/s1. The molecule has 2 atom stereocenters. The highest BCUT2D eigenvalue weighted by Crippen LogP contribution is 2.21. The van der Waals surface area contributed by atoms with Gasteiger partial charge in [-0.2, -0.15) is 0 Å². The average molecular weight is 213 g/mol. The zero-order chi connectivity index (χ0) is 11.4. The Morgan fingerprint density at radius 1 is 1.33 bits per heavy atom. The molecular formula is C12H27N3. The maximum atomic E-state index is 3.48. The first-order valence-corrected chi connectivity index (χ1v) is 6.17. The van der Waals surface area contributed by atoms with Gasteiger partial charge >= 0.3 is 0 Å². The number of rotatable bonds is 5. The predicted octanol–water partition coefficient (Wildman–Crippen LogP) is 0.866. The molecule has 1 rings (SSSR count). The predicted molar refractivity (Wildman–Crippen MR) is 66.2 cm³/mol. The summed E-state index contributed by atoms with van der Waals surface area (Å²) < 4.78 is 0. The first-order valence-electron chi connectivity index (χ1n) is 6.17. The second-order valence-electron chi connectivity index (χ2n) is 5.15. The minimum absolute atomic E-state index is 0.680. The summed E-state index contributed by atoms with van der Waals surface area (Å²) in [4.78, 5) is 4.97. The molecule has 0 spiro atoms. The van der Waals surface area contributed by atoms with Gasteiger partial charge in [0.15, 0.2) is 0 Å². The molecule has 1 fully saturated rings. The van der Waals surface area contributed by atoms with E-state index in [0.29, 0.717) is 12.1 Å². The van der Waals surface area contributed by atoms with E-state index in [4.69, 9.17) is 0 Å². The molecule has 1 aliphatic rings. The number of likely N-dealkylation sites (tertiary alicyclic amines) is 1. The van der Waals surface area contributed by atoms with E-state index < -0.39 is 0 Å². The van der Waals surface area contributed by atoms with Crippen LogP contribution in [0.25, 0.3) is 0 Å². The highest BCUT2D eigenvalue weighted by Gasteiger charge is 2.34. The van der Waals surface area contributed by atoms with Gasteiger partial charge < -0.3 is 10.2 Å². The third kappa shape index (κ3) is 3.44. The van der Waals surface area contributed by atoms with Crippen molar-refractivity contribution in [2.75, 3.05) is 40.3 Å². The molecule has 1 aliphatic heterocycles. The largest absolute Gasteiger partial charge is 0.317 e. The number of nitrogens with one attached hydrogen (secondary N) is 1. The van der Waals surface area contributed by atoms with E-state index in [2.05, 4.69) is 50.0 Å². The van der Waals surface area contributed by atoms with Crippen molar-refractivity contribution in [2.45, 2.75) is 32.9 Å². The van der Waals surface area contributed by atoms with Crippen molar-refractivity contribution in [2.24, 2.45) is 5.92 Å². The van der Waals surface area contributed by atoms with Crippen molar-refractivity contribution in [3.63, 3.8) is 0 Å². The number of nitrogens with zero attached hydrogens (tertiary/aromatic N) is 2. The number of hydrogen-bond acceptors (Lipinski definition) is 3. The first kappa shape index (κ1) is 12.9. The summed E-state index contributed by atoms with van der Waals surface area (Å²) in [6, 6.07) is 1.39. The van der Waals surface area contributed by atoms with Gasteiger partial charge in [-0.25, -0.2) is 0 Å². The van der Waals surface area contributed by atoms with Crippen molar-refractivity contribution >= 4 is 0 Å². The first-order chi connectivity index (χ1) is 7.06. The molecule has 0 unspecified atom stereocenters. The van der Waals surface area contributed by atoms with Gasteiger partial charge in [0, 0.05) is 37.6 Å². The van der Waals surface area contributed by atoms with Gasteiger partial charge in [-0.15, -0.1) is 0 Å². The molecule has 1 N–H and O–H groups in total. The average Bonchev–Trinajstić information content (AvgIpc) is 2.58. The molecule has 0 bridgehead atoms. The van der Waals surface area contributed by atoms with Crippen LogP contribution in [0.4, 0.5) is 0 Å². The Balaban J connectivity index is 2.51. The fourth-order valence-corrected chi connectivity index (χ4v) is 2.42. The molecule has 1 heterocycles. The van der Waals surface area contributed by atoms with Gasteiger partial charge in [-0.05, 0) is 34.5 Å². The maximum absolute atomic E-state index is 3.48. The molecule has 0 saturated carbocycles. The summed E-state index contributed by atoms with van der Waals surface area (Å²) in [7, 11) is 4.40. The molecule has 0 amide bonds. The Morgan fingerprint density at radius 3 is 2.47 bits per heavy atom. The lowest BCUT2D eigenvalue weighted by molar-refractivity contribution is 0.231. The summed E-state index contributed by atoms with van der Waals surface area (Å²) >= 11 is 0. The summed E-state index contributed by atoms with van der Waals surface area (Å²) in [6.45, 7) is 11.5. The monoisotopic (exact) mass is 213 g/mol. The van der Waals surface area contributed by atoms with E-state index in [1.54, 1.807) is 0 Å². The van der Waals surface area contributed by atoms with Gasteiger partial charge in [0.2, 0.25) is 0 Å². The van der Waals surface area contributed by atoms with Crippen LogP contribution in [-0.2, 0) is 0 Å². The third-order valence-electron chi connectivity index (χ3n) is 3.48. The lowest BCUT2D eigenvalue weighted by Gasteiger charge is -2.25. The van der Waals surface area contributed by atoms with E-state index in [0.717, 1.165) is 19.0 Å². The molecule has 3 nitrogen and oxygen atoms in total. The lowest BCUT2D eigenvalue weighted by Crippen LogP contribution is -2.39. The highest BCUT2D eigenvalue weighted by molar-refractivity contribution is 4.91. The Kier molecular flexibility index (Phi) is 5.03. The van der Waals surface area contributed by atoms with Crippen molar-refractivity contribution in [1.29, 1.82) is 0 Å². The molecule has 0 aliphatic carbocycles. The van der Waals surface area contributed by atoms with Crippen molar-refractivity contribution in [3.05, 3.63) is 0 Å². The van der Waals surface area contributed by atoms with Crippen molar-refractivity contribution in [3.8, 4) is 0 Å². The summed E-state index contributed by atoms with van der Waals surface area (Å²) in [5, 5.41) is 3.48. The topological polar surface area (TPSA) is 18.5 Å². The molecule has 3 heteroatoms. The van der Waals surface area contributed by atoms with E-state index in [1.165, 1.54) is 13.1 Å². The molecule has 0 aromatic carbocycles. The smallest absolute Gasteiger partial charge is 0.0269 e. The van der Waals surface area contributed by atoms with Crippen LogP contribution in [0.1, 0.15) is 20.8 Å². The zero-order valence-electron chi connectivity index (χ0n) is 11.0. The summed E-state index contributed by atoms with van der Waals surface area (Å²) in [5.41, 5.74) is 0. The second kappa shape index (κ2) is 5.83. The molecular weight excluding hydrogens is 186 g/mol. The fourth-order valence-electron chi connectivity index (χ4n) is 2.42. The van der Waals surface area contributed by atoms with Crippen molar-refractivity contribution < 1.29 is 0 Å². The third-order valence-corrected chi connectivity index (χ3v) is 3.48. The quantitative estimate of drug-likeness (QED) is 0.731. The van der Waals surface area contributed by atoms with Crippen LogP contribution in [0.15, 0.2) is 0 Å². The van der Waals surface area contributed by atoms with Crippen LogP contribution in [0, 0.1) is 5.92 Å². The van der Waals surface area contributed by atoms with E-state index in [-0.39, 0.29) is 0 Å². The second-order valence-corrected chi connectivity index (χ2v) is 5.15. The Hall–Kier alpha value is -0.120. The fraction of sp³-hybridized carbons (Fsp3) is 1.00. The van der Waals surface area contributed by atoms with Gasteiger partial charge in [-0.1, -0.05) is 6.92 Å². The van der Waals surface area contributed by atoms with Crippen LogP contribution < -0.4 is 5.32 Å². The lowest BCUT2D eigenvalue weighted by atomic mass is 10.0. The van der Waals surface area contributed by atoms with E-state index in [1.807, 2.05) is 0 Å². The minimum atomic E-state index is 0.680. The zero-order valence-corrected chi connectivity index (χ0v) is 11.0. The molecule has 15 heavy (non-hydrogen) atoms. The van der Waals surface area contributed by atoms with E-state index in [9.17, 15) is 0 Å². The Morgan fingerprint density at radius 2 is 2.00 bits per heavy atom. The van der Waals surface area contributed by atoms with Gasteiger partial charge in [0.1, 0.15) is 0 Å². The molecule has 0 aromatic heterocycles. The summed E-state index contributed by atoms with van der Waals surface area (Å²) in [5.74, 6) is 0.780. The molecule has 90 valence electrons.